The van der Waals surface area contributed by atoms with Crippen molar-refractivity contribution in [1.82, 2.24) is 9.80 Å². The summed E-state index contributed by atoms with van der Waals surface area (Å²) >= 11 is 0. The molecule has 1 saturated heterocycles. The van der Waals surface area contributed by atoms with Gasteiger partial charge in [0.1, 0.15) is 24.1 Å². The van der Waals surface area contributed by atoms with Gasteiger partial charge < -0.3 is 52.8 Å². The minimum absolute atomic E-state index is 0.0516. The van der Waals surface area contributed by atoms with Crippen LogP contribution in [0.4, 0.5) is 0 Å². The van der Waals surface area contributed by atoms with Crippen molar-refractivity contribution >= 4 is 22.3 Å². The van der Waals surface area contributed by atoms with Crippen LogP contribution in [0.2, 0.25) is 0 Å². The van der Waals surface area contributed by atoms with Crippen molar-refractivity contribution in [2.75, 3.05) is 47.4 Å². The molecule has 1 amide bonds. The lowest BCUT2D eigenvalue weighted by atomic mass is 9.92. The van der Waals surface area contributed by atoms with Crippen LogP contribution in [-0.2, 0) is 31.2 Å². The van der Waals surface area contributed by atoms with Crippen LogP contribution in [0.3, 0.4) is 0 Å². The summed E-state index contributed by atoms with van der Waals surface area (Å²) in [7, 11) is 0.365. The molecule has 18 nitrogen and oxygen atoms in total. The van der Waals surface area contributed by atoms with Crippen LogP contribution in [0.15, 0.2) is 47.6 Å². The van der Waals surface area contributed by atoms with Crippen LogP contribution in [-0.4, -0.2) is 129 Å². The summed E-state index contributed by atoms with van der Waals surface area (Å²) in [6.07, 6.45) is -9.92. The van der Waals surface area contributed by atoms with E-state index in [1.807, 2.05) is 46.7 Å². The summed E-state index contributed by atoms with van der Waals surface area (Å²) in [5.74, 6) is -3.35. The van der Waals surface area contributed by atoms with Gasteiger partial charge in [-0.2, -0.15) is 0 Å². The Morgan fingerprint density at radius 2 is 1.56 bits per heavy atom. The first-order chi connectivity index (χ1) is 24.1. The Bertz CT molecular complexity index is 1700. The minimum atomic E-state index is -4.91. The van der Waals surface area contributed by atoms with Crippen molar-refractivity contribution < 1.29 is 61.0 Å². The number of amides is 1. The van der Waals surface area contributed by atoms with Gasteiger partial charge in [0.05, 0.1) is 13.2 Å². The minimum Gasteiger partial charge on any atom is -0.479 e. The molecular weight excluding hydrogens is 706 g/mol. The second-order valence-electron chi connectivity index (χ2n) is 14.3. The number of carbonyl (C=O) groups excluding carboxylic acids is 1. The number of carboxylic acid groups (broad SMARTS) is 1. The van der Waals surface area contributed by atoms with E-state index in [0.29, 0.717) is 13.2 Å². The van der Waals surface area contributed by atoms with Crippen LogP contribution < -0.4 is 13.1 Å². The third-order valence-corrected chi connectivity index (χ3v) is 8.40. The molecule has 2 aromatic rings. The lowest BCUT2D eigenvalue weighted by molar-refractivity contribution is -0.271. The molecule has 19 heteroatoms. The number of aliphatic carboxylic acids is 1. The van der Waals surface area contributed by atoms with E-state index in [0.717, 1.165) is 17.7 Å². The van der Waals surface area contributed by atoms with Crippen LogP contribution >= 0.6 is 0 Å². The number of hydrogen-bond acceptors (Lipinski definition) is 14. The summed E-state index contributed by atoms with van der Waals surface area (Å²) < 4.78 is 53.3. The van der Waals surface area contributed by atoms with Gasteiger partial charge in [-0.15, -0.1) is 8.42 Å². The smallest absolute Gasteiger partial charge is 0.479 e. The number of benzene rings is 2. The number of hydrogen-bond donors (Lipinski definition) is 4. The molecule has 0 unspecified atom stereocenters. The molecule has 1 fully saturated rings. The Balaban J connectivity index is 1.87. The lowest BCUT2D eigenvalue weighted by Crippen LogP contribution is -2.61. The summed E-state index contributed by atoms with van der Waals surface area (Å²) in [5.41, 5.74) is 8.48. The van der Waals surface area contributed by atoms with Crippen LogP contribution in [0.5, 0.6) is 17.2 Å². The van der Waals surface area contributed by atoms with Gasteiger partial charge in [-0.1, -0.05) is 44.9 Å². The fourth-order valence-electron chi connectivity index (χ4n) is 5.19. The average Bonchev–Trinajstić information content (AvgIpc) is 3.04. The normalized spacial score (nSPS) is 20.9. The molecule has 4 N–H and O–H groups in total. The highest BCUT2D eigenvalue weighted by Gasteiger charge is 2.48. The molecule has 0 bridgehead atoms. The topological polar surface area (TPSA) is 251 Å². The first-order valence-corrected chi connectivity index (χ1v) is 17.4. The number of aliphatic hydroxyl groups is 3. The Labute approximate surface area is 302 Å². The standard InChI is InChI=1S/C33H47N5O13S/c1-32(2,16-35-36-34)18-47-19-33(3,4)17-38(7)29(42)21-10-13-23(48-31-27(41)25(39)26(40)28(49-31)30(43)44)24(14-21)51-52(45,46)50-22-11-8-20(9-12-22)15-37(5)6/h8-14,25-28,31,39-41H,15-19H2,1-7H3,(H,43,44)/t25-,26-,27+,28-,31+/m0/s1. The number of nitrogens with zero attached hydrogens (tertiary/aromatic N) is 5. The van der Waals surface area contributed by atoms with E-state index in [-0.39, 0.29) is 31.0 Å². The van der Waals surface area contributed by atoms with Crippen molar-refractivity contribution in [3.05, 3.63) is 64.0 Å². The van der Waals surface area contributed by atoms with Gasteiger partial charge in [0.2, 0.25) is 6.29 Å². The van der Waals surface area contributed by atoms with Gasteiger partial charge in [-0.3, -0.25) is 4.79 Å². The van der Waals surface area contributed by atoms with Crippen LogP contribution in [0.25, 0.3) is 10.4 Å². The molecule has 1 aliphatic heterocycles. The molecule has 52 heavy (non-hydrogen) atoms. The number of carbonyl (C=O) groups is 2. The number of carboxylic acids is 1. The number of aliphatic hydroxyl groups excluding tert-OH is 3. The molecule has 0 aliphatic carbocycles. The van der Waals surface area contributed by atoms with E-state index >= 15 is 0 Å². The monoisotopic (exact) mass is 753 g/mol. The molecular formula is C33H47N5O13S. The molecule has 3 rings (SSSR count). The number of rotatable bonds is 18. The van der Waals surface area contributed by atoms with Gasteiger partial charge in [-0.25, -0.2) is 4.79 Å². The fourth-order valence-corrected chi connectivity index (χ4v) is 5.92. The lowest BCUT2D eigenvalue weighted by Gasteiger charge is -2.38. The fraction of sp³-hybridized carbons (Fsp3) is 0.576. The summed E-state index contributed by atoms with van der Waals surface area (Å²) in [6, 6.07) is 9.61. The molecule has 0 spiro atoms. The van der Waals surface area contributed by atoms with Crippen molar-refractivity contribution in [1.29, 1.82) is 0 Å². The Morgan fingerprint density at radius 3 is 2.15 bits per heavy atom. The van der Waals surface area contributed by atoms with Gasteiger partial charge in [0.25, 0.3) is 5.91 Å². The number of ether oxygens (including phenoxy) is 3. The quantitative estimate of drug-likeness (QED) is 0.0968. The van der Waals surface area contributed by atoms with E-state index in [9.17, 15) is 38.4 Å². The van der Waals surface area contributed by atoms with Crippen LogP contribution in [0, 0.1) is 10.8 Å². The second kappa shape index (κ2) is 17.5. The van der Waals surface area contributed by atoms with Gasteiger partial charge in [-0.05, 0) is 60.9 Å². The van der Waals surface area contributed by atoms with Crippen molar-refractivity contribution in [3.8, 4) is 17.2 Å². The highest BCUT2D eigenvalue weighted by molar-refractivity contribution is 7.82. The maximum atomic E-state index is 13.6. The molecule has 1 heterocycles. The first-order valence-electron chi connectivity index (χ1n) is 16.1. The molecule has 0 radical (unpaired) electrons. The Morgan fingerprint density at radius 1 is 0.923 bits per heavy atom. The Kier molecular flexibility index (Phi) is 14.2. The molecule has 0 aromatic heterocycles. The van der Waals surface area contributed by atoms with Crippen molar-refractivity contribution in [3.63, 3.8) is 0 Å². The number of azide groups is 1. The zero-order valence-electron chi connectivity index (χ0n) is 30.1. The van der Waals surface area contributed by atoms with E-state index in [1.165, 1.54) is 30.1 Å². The Hall–Kier alpha value is -4.20. The zero-order valence-corrected chi connectivity index (χ0v) is 30.9. The first kappa shape index (κ1) is 42.2. The van der Waals surface area contributed by atoms with Crippen LogP contribution in [0.1, 0.15) is 43.6 Å². The maximum absolute atomic E-state index is 13.6. The van der Waals surface area contributed by atoms with E-state index in [2.05, 4.69) is 10.0 Å². The summed E-state index contributed by atoms with van der Waals surface area (Å²) in [6.45, 7) is 9.11. The SMILES string of the molecule is CN(C)Cc1ccc(OS(=O)(=O)Oc2cc(C(=O)N(C)CC(C)(C)COCC(C)(C)CN=[N+]=[N-])ccc2O[C@@H]2O[C@H](C(=O)O)[C@@H](O)[C@H](O)[C@H]2O)cc1. The predicted octanol–water partition coefficient (Wildman–Crippen LogP) is 2.17. The molecule has 0 saturated carbocycles. The van der Waals surface area contributed by atoms with Crippen molar-refractivity contribution in [2.24, 2.45) is 15.9 Å². The maximum Gasteiger partial charge on any atom is 0.501 e. The highest BCUT2D eigenvalue weighted by atomic mass is 32.3. The highest BCUT2D eigenvalue weighted by Crippen LogP contribution is 2.34. The van der Waals surface area contributed by atoms with Crippen molar-refractivity contribution in [2.45, 2.75) is 64.9 Å². The van der Waals surface area contributed by atoms with E-state index in [4.69, 9.17) is 28.1 Å². The summed E-state index contributed by atoms with van der Waals surface area (Å²) in [5, 5.41) is 43.8. The summed E-state index contributed by atoms with van der Waals surface area (Å²) in [4.78, 5) is 31.3. The average molecular weight is 754 g/mol. The van der Waals surface area contributed by atoms with E-state index < -0.39 is 75.3 Å². The third kappa shape index (κ3) is 12.2. The second-order valence-corrected chi connectivity index (χ2v) is 15.5. The van der Waals surface area contributed by atoms with Gasteiger partial charge >= 0.3 is 16.4 Å². The molecule has 5 atom stereocenters. The third-order valence-electron chi connectivity index (χ3n) is 7.62. The predicted molar refractivity (Wildman–Crippen MR) is 185 cm³/mol. The van der Waals surface area contributed by atoms with E-state index in [1.54, 1.807) is 12.1 Å². The zero-order chi connectivity index (χ0) is 39.0. The largest absolute Gasteiger partial charge is 0.501 e. The van der Waals surface area contributed by atoms with Gasteiger partial charge in [0.15, 0.2) is 17.6 Å². The van der Waals surface area contributed by atoms with Gasteiger partial charge in [0, 0.05) is 42.6 Å². The molecule has 288 valence electrons. The molecule has 1 aliphatic rings. The molecule has 2 aromatic carbocycles.